The highest BCUT2D eigenvalue weighted by Gasteiger charge is 2.08. The summed E-state index contributed by atoms with van der Waals surface area (Å²) in [5, 5.41) is 0. The Hall–Kier alpha value is -1.51. The van der Waals surface area contributed by atoms with Gasteiger partial charge in [-0.1, -0.05) is 39.0 Å². The van der Waals surface area contributed by atoms with Crippen LogP contribution in [-0.4, -0.2) is 25.7 Å². The normalized spacial score (nSPS) is 10.5. The van der Waals surface area contributed by atoms with E-state index in [1.807, 2.05) is 24.3 Å². The Morgan fingerprint density at radius 3 is 2.09 bits per heavy atom. The van der Waals surface area contributed by atoms with E-state index < -0.39 is 0 Å². The molecule has 22 heavy (non-hydrogen) atoms. The number of carbonyl (C=O) groups excluding carboxylic acids is 1. The number of unbranched alkanes of at least 4 members (excludes halogenated alkanes) is 5. The van der Waals surface area contributed by atoms with E-state index in [0.717, 1.165) is 31.6 Å². The third-order valence-corrected chi connectivity index (χ3v) is 3.96. The molecule has 0 bridgehead atoms. The van der Waals surface area contributed by atoms with Crippen molar-refractivity contribution in [3.8, 4) is 0 Å². The summed E-state index contributed by atoms with van der Waals surface area (Å²) >= 11 is 0. The number of nitrogens with zero attached hydrogens (tertiary/aromatic N) is 1. The van der Waals surface area contributed by atoms with Crippen molar-refractivity contribution < 1.29 is 9.53 Å². The lowest BCUT2D eigenvalue weighted by Gasteiger charge is -2.20. The second-order valence-electron chi connectivity index (χ2n) is 5.62. The molecule has 0 amide bonds. The second kappa shape index (κ2) is 11.1. The van der Waals surface area contributed by atoms with E-state index in [2.05, 4.69) is 25.7 Å². The van der Waals surface area contributed by atoms with Crippen LogP contribution < -0.4 is 4.90 Å². The van der Waals surface area contributed by atoms with E-state index in [4.69, 9.17) is 4.74 Å². The zero-order valence-electron chi connectivity index (χ0n) is 14.4. The summed E-state index contributed by atoms with van der Waals surface area (Å²) in [6.45, 7) is 8.95. The van der Waals surface area contributed by atoms with Crippen LogP contribution in [0.4, 0.5) is 5.69 Å². The number of hydrogen-bond acceptors (Lipinski definition) is 3. The molecule has 0 unspecified atom stereocenters. The fourth-order valence-electron chi connectivity index (χ4n) is 2.53. The third kappa shape index (κ3) is 6.50. The molecular weight excluding hydrogens is 274 g/mol. The predicted octanol–water partition coefficient (Wildman–Crippen LogP) is 5.05. The van der Waals surface area contributed by atoms with Crippen molar-refractivity contribution in [2.24, 2.45) is 0 Å². The summed E-state index contributed by atoms with van der Waals surface area (Å²) in [7, 11) is 0. The van der Waals surface area contributed by atoms with Crippen molar-refractivity contribution in [1.82, 2.24) is 0 Å². The molecule has 0 spiro atoms. The average Bonchev–Trinajstić information content (AvgIpc) is 2.55. The molecule has 0 aliphatic carbocycles. The maximum Gasteiger partial charge on any atom is 0.338 e. The highest BCUT2D eigenvalue weighted by atomic mass is 16.5. The first-order valence-corrected chi connectivity index (χ1v) is 8.75. The molecule has 0 aliphatic rings. The topological polar surface area (TPSA) is 29.5 Å². The highest BCUT2D eigenvalue weighted by molar-refractivity contribution is 5.89. The van der Waals surface area contributed by atoms with Crippen molar-refractivity contribution in [1.29, 1.82) is 0 Å². The second-order valence-corrected chi connectivity index (χ2v) is 5.62. The fraction of sp³-hybridized carbons (Fsp3) is 0.632. The molecule has 0 heterocycles. The molecule has 0 saturated carbocycles. The van der Waals surface area contributed by atoms with Gasteiger partial charge in [-0.05, 0) is 44.5 Å². The molecule has 124 valence electrons. The third-order valence-electron chi connectivity index (χ3n) is 3.96. The molecule has 0 aromatic heterocycles. The number of benzene rings is 1. The van der Waals surface area contributed by atoms with E-state index >= 15 is 0 Å². The van der Waals surface area contributed by atoms with Crippen LogP contribution in [0.2, 0.25) is 0 Å². The van der Waals surface area contributed by atoms with Crippen molar-refractivity contribution in [2.45, 2.75) is 59.3 Å². The minimum Gasteiger partial charge on any atom is -0.462 e. The van der Waals surface area contributed by atoms with Crippen LogP contribution >= 0.6 is 0 Å². The molecule has 0 atom stereocenters. The molecule has 3 heteroatoms. The summed E-state index contributed by atoms with van der Waals surface area (Å²) in [6, 6.07) is 7.71. The molecule has 1 aromatic carbocycles. The molecule has 0 radical (unpaired) electrons. The van der Waals surface area contributed by atoms with Crippen LogP contribution in [0.1, 0.15) is 69.7 Å². The Morgan fingerprint density at radius 2 is 1.50 bits per heavy atom. The molecule has 1 rings (SSSR count). The van der Waals surface area contributed by atoms with Crippen LogP contribution in [0, 0.1) is 0 Å². The van der Waals surface area contributed by atoms with Crippen molar-refractivity contribution in [3.05, 3.63) is 29.8 Å². The van der Waals surface area contributed by atoms with Gasteiger partial charge in [0.2, 0.25) is 0 Å². The van der Waals surface area contributed by atoms with Crippen LogP contribution in [0.25, 0.3) is 0 Å². The van der Waals surface area contributed by atoms with Gasteiger partial charge in [-0.15, -0.1) is 0 Å². The molecule has 0 saturated heterocycles. The first kappa shape index (κ1) is 18.5. The summed E-state index contributed by atoms with van der Waals surface area (Å²) in [4.78, 5) is 14.2. The van der Waals surface area contributed by atoms with Gasteiger partial charge in [0.1, 0.15) is 0 Å². The first-order valence-electron chi connectivity index (χ1n) is 8.75. The van der Waals surface area contributed by atoms with Gasteiger partial charge in [-0.3, -0.25) is 0 Å². The number of rotatable bonds is 11. The summed E-state index contributed by atoms with van der Waals surface area (Å²) < 4.78 is 5.34. The van der Waals surface area contributed by atoms with Gasteiger partial charge >= 0.3 is 5.97 Å². The lowest BCUT2D eigenvalue weighted by Crippen LogP contribution is -2.21. The Kier molecular flexibility index (Phi) is 9.36. The zero-order valence-corrected chi connectivity index (χ0v) is 14.4. The number of anilines is 1. The molecule has 3 nitrogen and oxygen atoms in total. The summed E-state index contributed by atoms with van der Waals surface area (Å²) in [6.07, 6.45) is 7.21. The van der Waals surface area contributed by atoms with E-state index in [9.17, 15) is 4.79 Å². The van der Waals surface area contributed by atoms with Crippen LogP contribution in [0.3, 0.4) is 0 Å². The molecule has 0 N–H and O–H groups in total. The summed E-state index contributed by atoms with van der Waals surface area (Å²) in [5.41, 5.74) is 1.79. The SMILES string of the molecule is CCCCCCCCOC(=O)c1ccc(N(CC)CC)cc1. The number of carbonyl (C=O) groups is 1. The van der Waals surface area contributed by atoms with E-state index in [1.54, 1.807) is 0 Å². The molecule has 0 fully saturated rings. The molecule has 1 aromatic rings. The summed E-state index contributed by atoms with van der Waals surface area (Å²) in [5.74, 6) is -0.209. The van der Waals surface area contributed by atoms with E-state index in [0.29, 0.717) is 12.2 Å². The monoisotopic (exact) mass is 305 g/mol. The van der Waals surface area contributed by atoms with Crippen molar-refractivity contribution in [2.75, 3.05) is 24.6 Å². The smallest absolute Gasteiger partial charge is 0.338 e. The van der Waals surface area contributed by atoms with Crippen molar-refractivity contribution >= 4 is 11.7 Å². The maximum atomic E-state index is 12.0. The predicted molar refractivity (Wildman–Crippen MR) is 93.7 cm³/mol. The number of hydrogen-bond donors (Lipinski definition) is 0. The first-order chi connectivity index (χ1) is 10.7. The van der Waals surface area contributed by atoms with Gasteiger partial charge in [0, 0.05) is 18.8 Å². The fourth-order valence-corrected chi connectivity index (χ4v) is 2.53. The Bertz CT molecular complexity index is 410. The lowest BCUT2D eigenvalue weighted by molar-refractivity contribution is 0.0497. The quantitative estimate of drug-likeness (QED) is 0.423. The van der Waals surface area contributed by atoms with Gasteiger partial charge in [-0.2, -0.15) is 0 Å². The van der Waals surface area contributed by atoms with Crippen molar-refractivity contribution in [3.63, 3.8) is 0 Å². The molecule has 0 aliphatic heterocycles. The van der Waals surface area contributed by atoms with Crippen LogP contribution in [0.5, 0.6) is 0 Å². The number of esters is 1. The Balaban J connectivity index is 2.30. The minimum atomic E-state index is -0.209. The van der Waals surface area contributed by atoms with Gasteiger partial charge in [0.25, 0.3) is 0 Å². The highest BCUT2D eigenvalue weighted by Crippen LogP contribution is 2.15. The van der Waals surface area contributed by atoms with E-state index in [-0.39, 0.29) is 5.97 Å². The van der Waals surface area contributed by atoms with E-state index in [1.165, 1.54) is 25.7 Å². The number of ether oxygens (including phenoxy) is 1. The van der Waals surface area contributed by atoms with Gasteiger partial charge in [0.05, 0.1) is 12.2 Å². The van der Waals surface area contributed by atoms with Crippen LogP contribution in [-0.2, 0) is 4.74 Å². The minimum absolute atomic E-state index is 0.209. The Labute approximate surface area is 135 Å². The lowest BCUT2D eigenvalue weighted by atomic mass is 10.1. The van der Waals surface area contributed by atoms with Gasteiger partial charge < -0.3 is 9.64 Å². The van der Waals surface area contributed by atoms with Gasteiger partial charge in [-0.25, -0.2) is 4.79 Å². The largest absolute Gasteiger partial charge is 0.462 e. The average molecular weight is 305 g/mol. The Morgan fingerprint density at radius 1 is 0.909 bits per heavy atom. The standard InChI is InChI=1S/C19H31NO2/c1-4-7-8-9-10-11-16-22-19(21)17-12-14-18(15-13-17)20(5-2)6-3/h12-15H,4-11,16H2,1-3H3. The van der Waals surface area contributed by atoms with Crippen LogP contribution in [0.15, 0.2) is 24.3 Å². The molecular formula is C19H31NO2. The van der Waals surface area contributed by atoms with Gasteiger partial charge in [0.15, 0.2) is 0 Å². The maximum absolute atomic E-state index is 12.0. The zero-order chi connectivity index (χ0) is 16.2.